The molecule has 0 fully saturated rings. The topological polar surface area (TPSA) is 77.3 Å². The molecule has 0 spiro atoms. The molecule has 3 rings (SSSR count). The molecule has 1 unspecified atom stereocenters. The Balaban J connectivity index is 2.01. The second-order valence-corrected chi connectivity index (χ2v) is 6.58. The van der Waals surface area contributed by atoms with Crippen LogP contribution >= 0.6 is 0 Å². The molecular weight excluding hydrogens is 354 g/mol. The van der Waals surface area contributed by atoms with Crippen molar-refractivity contribution in [2.75, 3.05) is 0 Å². The molecule has 0 amide bonds. The van der Waals surface area contributed by atoms with Crippen LogP contribution in [0.25, 0.3) is 0 Å². The lowest BCUT2D eigenvalue weighted by Gasteiger charge is -2.22. The van der Waals surface area contributed by atoms with E-state index in [9.17, 15) is 19.7 Å². The smallest absolute Gasteiger partial charge is 0.269 e. The molecule has 0 radical (unpaired) electrons. The Bertz CT molecular complexity index is 931. The summed E-state index contributed by atoms with van der Waals surface area (Å²) in [6.07, 6.45) is 0. The van der Waals surface area contributed by atoms with Crippen LogP contribution in [0.4, 0.5) is 5.69 Å². The van der Waals surface area contributed by atoms with Crippen molar-refractivity contribution in [3.8, 4) is 0 Å². The molecule has 0 saturated heterocycles. The minimum Gasteiger partial charge on any atom is -0.293 e. The van der Waals surface area contributed by atoms with E-state index in [0.29, 0.717) is 16.7 Å². The highest BCUT2D eigenvalue weighted by Crippen LogP contribution is 2.31. The van der Waals surface area contributed by atoms with Crippen LogP contribution in [0.5, 0.6) is 0 Å². The van der Waals surface area contributed by atoms with Gasteiger partial charge < -0.3 is 0 Å². The van der Waals surface area contributed by atoms with Crippen molar-refractivity contribution in [1.82, 2.24) is 0 Å². The van der Waals surface area contributed by atoms with Gasteiger partial charge in [-0.05, 0) is 11.5 Å². The second kappa shape index (κ2) is 8.39. The van der Waals surface area contributed by atoms with Crippen LogP contribution in [0.3, 0.4) is 0 Å². The molecule has 0 aliphatic heterocycles. The van der Waals surface area contributed by atoms with Crippen LogP contribution in [0.1, 0.15) is 39.1 Å². The zero-order chi connectivity index (χ0) is 20.1. The summed E-state index contributed by atoms with van der Waals surface area (Å²) in [6, 6.07) is 23.4. The van der Waals surface area contributed by atoms with E-state index in [-0.39, 0.29) is 17.3 Å². The van der Waals surface area contributed by atoms with E-state index in [4.69, 9.17) is 0 Å². The molecule has 0 saturated carbocycles. The van der Waals surface area contributed by atoms with Gasteiger partial charge in [0.1, 0.15) is 0 Å². The van der Waals surface area contributed by atoms with E-state index in [2.05, 4.69) is 0 Å². The summed E-state index contributed by atoms with van der Waals surface area (Å²) in [4.78, 5) is 36.9. The average molecular weight is 373 g/mol. The van der Waals surface area contributed by atoms with Gasteiger partial charge in [-0.3, -0.25) is 19.7 Å². The van der Waals surface area contributed by atoms with Crippen LogP contribution in [-0.4, -0.2) is 16.5 Å². The fourth-order valence-corrected chi connectivity index (χ4v) is 3.23. The number of hydrogen-bond donors (Lipinski definition) is 0. The molecule has 0 N–H and O–H groups in total. The number of nitro benzene ring substituents is 1. The van der Waals surface area contributed by atoms with Gasteiger partial charge in [0.2, 0.25) is 0 Å². The largest absolute Gasteiger partial charge is 0.293 e. The molecule has 5 nitrogen and oxygen atoms in total. The average Bonchev–Trinajstić information content (AvgIpc) is 2.75. The number of rotatable bonds is 7. The minimum atomic E-state index is -0.925. The number of nitro groups is 1. The maximum Gasteiger partial charge on any atom is 0.269 e. The van der Waals surface area contributed by atoms with Crippen molar-refractivity contribution >= 4 is 17.3 Å². The molecular formula is C23H19NO4. The molecule has 0 aliphatic rings. The van der Waals surface area contributed by atoms with Crippen molar-refractivity contribution in [3.05, 3.63) is 112 Å². The third-order valence-electron chi connectivity index (χ3n) is 4.81. The summed E-state index contributed by atoms with van der Waals surface area (Å²) in [5.74, 6) is -1.90. The molecule has 1 atom stereocenters. The maximum atomic E-state index is 13.2. The van der Waals surface area contributed by atoms with Gasteiger partial charge in [0.15, 0.2) is 11.6 Å². The number of nitrogens with zero attached hydrogens (tertiary/aromatic N) is 1. The van der Waals surface area contributed by atoms with E-state index >= 15 is 0 Å². The van der Waals surface area contributed by atoms with Crippen LogP contribution in [0.15, 0.2) is 84.9 Å². The van der Waals surface area contributed by atoms with Crippen molar-refractivity contribution in [2.45, 2.75) is 12.8 Å². The molecule has 0 aromatic heterocycles. The number of hydrogen-bond acceptors (Lipinski definition) is 4. The van der Waals surface area contributed by atoms with Gasteiger partial charge in [0.25, 0.3) is 5.69 Å². The van der Waals surface area contributed by atoms with Crippen LogP contribution < -0.4 is 0 Å². The van der Waals surface area contributed by atoms with E-state index in [1.807, 2.05) is 12.1 Å². The fraction of sp³-hybridized carbons (Fsp3) is 0.130. The Morgan fingerprint density at radius 3 is 1.57 bits per heavy atom. The Morgan fingerprint density at radius 2 is 1.18 bits per heavy atom. The van der Waals surface area contributed by atoms with Crippen molar-refractivity contribution in [1.29, 1.82) is 0 Å². The predicted molar refractivity (Wildman–Crippen MR) is 107 cm³/mol. The molecule has 0 aliphatic carbocycles. The molecule has 3 aromatic rings. The Morgan fingerprint density at radius 1 is 0.750 bits per heavy atom. The van der Waals surface area contributed by atoms with Crippen molar-refractivity contribution in [3.63, 3.8) is 0 Å². The first-order valence-corrected chi connectivity index (χ1v) is 8.92. The first-order chi connectivity index (χ1) is 13.5. The normalized spacial score (nSPS) is 11.8. The monoisotopic (exact) mass is 373 g/mol. The van der Waals surface area contributed by atoms with Gasteiger partial charge in [-0.25, -0.2) is 0 Å². The van der Waals surface area contributed by atoms with Crippen LogP contribution in [0.2, 0.25) is 0 Å². The lowest BCUT2D eigenvalue weighted by atomic mass is 9.78. The summed E-state index contributed by atoms with van der Waals surface area (Å²) < 4.78 is 0. The van der Waals surface area contributed by atoms with Gasteiger partial charge >= 0.3 is 0 Å². The molecule has 0 heterocycles. The van der Waals surface area contributed by atoms with Gasteiger partial charge in [0.05, 0.1) is 10.8 Å². The number of carbonyl (C=O) groups is 2. The van der Waals surface area contributed by atoms with Crippen molar-refractivity contribution < 1.29 is 14.5 Å². The highest BCUT2D eigenvalue weighted by Gasteiger charge is 2.34. The molecule has 5 heteroatoms. The van der Waals surface area contributed by atoms with Gasteiger partial charge in [-0.1, -0.05) is 79.7 Å². The Hall–Kier alpha value is -3.60. The summed E-state index contributed by atoms with van der Waals surface area (Å²) in [6.45, 7) is 1.80. The van der Waals surface area contributed by atoms with Gasteiger partial charge in [0, 0.05) is 23.3 Å². The van der Waals surface area contributed by atoms with Crippen LogP contribution in [-0.2, 0) is 0 Å². The number of ketones is 2. The zero-order valence-electron chi connectivity index (χ0n) is 15.3. The van der Waals surface area contributed by atoms with Gasteiger partial charge in [-0.15, -0.1) is 0 Å². The Labute approximate surface area is 162 Å². The van der Waals surface area contributed by atoms with E-state index in [1.54, 1.807) is 67.6 Å². The van der Waals surface area contributed by atoms with Crippen molar-refractivity contribution in [2.24, 2.45) is 5.92 Å². The second-order valence-electron chi connectivity index (χ2n) is 6.58. The van der Waals surface area contributed by atoms with E-state index in [0.717, 1.165) is 0 Å². The summed E-state index contributed by atoms with van der Waals surface area (Å²) >= 11 is 0. The van der Waals surface area contributed by atoms with Crippen LogP contribution in [0, 0.1) is 16.0 Å². The van der Waals surface area contributed by atoms with E-state index in [1.165, 1.54) is 12.1 Å². The molecule has 140 valence electrons. The number of carbonyl (C=O) groups excluding carboxylic acids is 2. The van der Waals surface area contributed by atoms with Gasteiger partial charge in [-0.2, -0.15) is 0 Å². The first kappa shape index (κ1) is 19.2. The Kier molecular flexibility index (Phi) is 5.75. The number of non-ortho nitro benzene ring substituents is 1. The lowest BCUT2D eigenvalue weighted by Crippen LogP contribution is -2.29. The molecule has 0 bridgehead atoms. The summed E-state index contributed by atoms with van der Waals surface area (Å²) in [5, 5.41) is 10.9. The summed E-state index contributed by atoms with van der Waals surface area (Å²) in [5.41, 5.74) is 1.59. The fourth-order valence-electron chi connectivity index (χ4n) is 3.23. The highest BCUT2D eigenvalue weighted by atomic mass is 16.6. The molecule has 28 heavy (non-hydrogen) atoms. The minimum absolute atomic E-state index is 0.0312. The molecule has 3 aromatic carbocycles. The predicted octanol–water partition coefficient (Wildman–Crippen LogP) is 5.08. The first-order valence-electron chi connectivity index (χ1n) is 8.92. The zero-order valence-corrected chi connectivity index (χ0v) is 15.3. The SMILES string of the molecule is CC(c1ccc([N+](=O)[O-])cc1)C(C(=O)c1ccccc1)C(=O)c1ccccc1. The lowest BCUT2D eigenvalue weighted by molar-refractivity contribution is -0.384. The standard InChI is InChI=1S/C23H19NO4/c1-16(17-12-14-20(15-13-17)24(27)28)21(22(25)18-8-4-2-5-9-18)23(26)19-10-6-3-7-11-19/h2-16,21H,1H3. The third kappa shape index (κ3) is 4.04. The summed E-state index contributed by atoms with van der Waals surface area (Å²) in [7, 11) is 0. The third-order valence-corrected chi connectivity index (χ3v) is 4.81. The van der Waals surface area contributed by atoms with E-state index < -0.39 is 16.8 Å². The number of Topliss-reactive ketones (excluding diaryl/α,β-unsaturated/α-hetero) is 2. The maximum absolute atomic E-state index is 13.2. The highest BCUT2D eigenvalue weighted by molar-refractivity contribution is 6.16. The number of benzene rings is 3. The quantitative estimate of drug-likeness (QED) is 0.250.